The van der Waals surface area contributed by atoms with Gasteiger partial charge in [0.25, 0.3) is 0 Å². The molecular weight excluding hydrogens is 1550 g/mol. The van der Waals surface area contributed by atoms with Crippen LogP contribution < -0.4 is 19.6 Å². The van der Waals surface area contributed by atoms with Crippen LogP contribution in [-0.2, 0) is 28.1 Å². The highest BCUT2D eigenvalue weighted by Crippen LogP contribution is 2.57. The lowest BCUT2D eigenvalue weighted by Crippen LogP contribution is -2.17. The average molecular weight is 1650 g/mol. The summed E-state index contributed by atoms with van der Waals surface area (Å²) in [6.07, 6.45) is 10.0. The molecule has 0 heterocycles. The van der Waals surface area contributed by atoms with Crippen molar-refractivity contribution in [1.29, 1.82) is 0 Å². The van der Waals surface area contributed by atoms with Crippen LogP contribution in [0.25, 0.3) is 90.7 Å². The van der Waals surface area contributed by atoms with E-state index in [0.29, 0.717) is 0 Å². The molecule has 0 unspecified atom stereocenters. The third-order valence-electron chi connectivity index (χ3n) is 28.0. The van der Waals surface area contributed by atoms with E-state index >= 15 is 0 Å². The van der Waals surface area contributed by atoms with E-state index in [-0.39, 0.29) is 21.7 Å². The summed E-state index contributed by atoms with van der Waals surface area (Å²) in [7, 11) is 0. The molecule has 4 nitrogen and oxygen atoms in total. The SMILES string of the molecule is Cc1cccc(N(c2ccc(Cc3cccc(-c4ccc(N(c5ccc6c(c5)C(C)(C)c5cc(C=Cc7ccc8c(c7)C(C)(C)c7cc(N(c9ccccc9)c9ccccc9)ccc7-8)ccc5-6)c5cccc6ccccc56)cc4)c3)cc2)c2ccc3c(c2)C(C)(C)c2cc(C=Cc4ccc5c(c4)C(C)(C)c4cc(N(c6ccccc6)c6ccccc6)ccc4-5)ccc2-3)c1. The Hall–Kier alpha value is -15.1. The van der Waals surface area contributed by atoms with Crippen molar-refractivity contribution in [3.63, 3.8) is 0 Å². The van der Waals surface area contributed by atoms with E-state index in [1.54, 1.807) is 0 Å². The van der Waals surface area contributed by atoms with Crippen LogP contribution in [0.1, 0.15) is 139 Å². The second kappa shape index (κ2) is 31.2. The van der Waals surface area contributed by atoms with Gasteiger partial charge in [0.1, 0.15) is 0 Å². The molecule has 0 bridgehead atoms. The van der Waals surface area contributed by atoms with Gasteiger partial charge in [0.05, 0.1) is 5.69 Å². The van der Waals surface area contributed by atoms with Crippen molar-refractivity contribution >= 4 is 103 Å². The fraction of sp³-hybridized carbons (Fsp3) is 0.113. The van der Waals surface area contributed by atoms with Crippen LogP contribution in [-0.4, -0.2) is 0 Å². The van der Waals surface area contributed by atoms with E-state index in [1.165, 1.54) is 150 Å². The zero-order chi connectivity index (χ0) is 86.7. The Morgan fingerprint density at radius 2 is 0.492 bits per heavy atom. The zero-order valence-corrected chi connectivity index (χ0v) is 74.0. The van der Waals surface area contributed by atoms with Crippen LogP contribution in [0, 0.1) is 6.92 Å². The predicted octanol–water partition coefficient (Wildman–Crippen LogP) is 33.9. The standard InChI is InChI=1S/C124H100N4/c1-82-27-24-40-98(71-82)127(101-61-69-110-106-65-51-86(76-114(106)123(6,7)118(110)80-101)44-43-84-49-63-104-108-67-59-99(78-116(108)121(2,3)112(104)74-84)125(92-32-14-10-15-33-92)93-34-16-11-17-35-93)96-55-47-83(48-56-96)72-88-28-25-31-91(73-88)89-53-57-97(58-54-89)128(120-42-26-30-90-29-22-23-41-103(90)120)102-62-70-111-107-66-52-87(77-115(107)124(8,9)119(111)81-102)46-45-85-50-64-105-109-68-60-100(79-117(109)122(4,5)113(105)75-85)126(94-36-18-12-19-37-94)95-38-20-13-21-39-95/h10-71,73-81H,72H2,1-9H3. The number of para-hydroxylation sites is 4. The number of hydrogen-bond donors (Lipinski definition) is 0. The summed E-state index contributed by atoms with van der Waals surface area (Å²) >= 11 is 0. The molecule has 0 aromatic heterocycles. The fourth-order valence-corrected chi connectivity index (χ4v) is 21.2. The van der Waals surface area contributed by atoms with Crippen LogP contribution >= 0.6 is 0 Å². The first-order chi connectivity index (χ1) is 62.3. The highest BCUT2D eigenvalue weighted by atomic mass is 15.2. The van der Waals surface area contributed by atoms with Gasteiger partial charge in [-0.2, -0.15) is 0 Å². The molecule has 0 radical (unpaired) electrons. The van der Waals surface area contributed by atoms with Crippen molar-refractivity contribution in [2.45, 2.75) is 90.4 Å². The molecule has 0 fully saturated rings. The highest BCUT2D eigenvalue weighted by molar-refractivity contribution is 6.01. The fourth-order valence-electron chi connectivity index (χ4n) is 21.2. The van der Waals surface area contributed by atoms with Crippen LogP contribution in [0.4, 0.5) is 68.2 Å². The molecular formula is C124H100N4. The van der Waals surface area contributed by atoms with Crippen LogP contribution in [0.5, 0.6) is 0 Å². The Kier molecular flexibility index (Phi) is 19.2. The van der Waals surface area contributed by atoms with E-state index in [9.17, 15) is 0 Å². The molecule has 18 aromatic rings. The largest absolute Gasteiger partial charge is 0.310 e. The van der Waals surface area contributed by atoms with Gasteiger partial charge >= 0.3 is 0 Å². The van der Waals surface area contributed by atoms with E-state index in [4.69, 9.17) is 0 Å². The molecule has 0 atom stereocenters. The second-order valence-electron chi connectivity index (χ2n) is 37.4. The maximum atomic E-state index is 2.47. The molecule has 0 spiro atoms. The summed E-state index contributed by atoms with van der Waals surface area (Å²) in [5.41, 5.74) is 44.8. The van der Waals surface area contributed by atoms with Crippen molar-refractivity contribution in [3.05, 3.63) is 490 Å². The third kappa shape index (κ3) is 13.8. The van der Waals surface area contributed by atoms with E-state index < -0.39 is 0 Å². The van der Waals surface area contributed by atoms with Crippen LogP contribution in [0.3, 0.4) is 0 Å². The second-order valence-corrected chi connectivity index (χ2v) is 37.4. The van der Waals surface area contributed by atoms with Gasteiger partial charge in [-0.1, -0.05) is 347 Å². The summed E-state index contributed by atoms with van der Waals surface area (Å²) in [6, 6.07) is 151. The van der Waals surface area contributed by atoms with Crippen LogP contribution in [0.15, 0.2) is 406 Å². The topological polar surface area (TPSA) is 13.0 Å². The van der Waals surface area contributed by atoms with E-state index in [2.05, 4.69) is 513 Å². The van der Waals surface area contributed by atoms with Gasteiger partial charge in [-0.05, 0) is 297 Å². The Labute approximate surface area is 753 Å². The molecule has 0 amide bonds. The minimum atomic E-state index is -0.266. The number of fused-ring (bicyclic) bond motifs is 13. The van der Waals surface area contributed by atoms with Gasteiger partial charge in [0, 0.05) is 89.6 Å². The lowest BCUT2D eigenvalue weighted by molar-refractivity contribution is 0.660. The molecule has 0 N–H and O–H groups in total. The van der Waals surface area contributed by atoms with Crippen molar-refractivity contribution in [2.24, 2.45) is 0 Å². The number of anilines is 12. The van der Waals surface area contributed by atoms with Gasteiger partial charge in [-0.15, -0.1) is 0 Å². The third-order valence-corrected chi connectivity index (χ3v) is 28.0. The summed E-state index contributed by atoms with van der Waals surface area (Å²) < 4.78 is 0. The number of aryl methyl sites for hydroxylation is 1. The van der Waals surface area contributed by atoms with E-state index in [0.717, 1.165) is 74.7 Å². The molecule has 128 heavy (non-hydrogen) atoms. The highest BCUT2D eigenvalue weighted by Gasteiger charge is 2.41. The Balaban J connectivity index is 0.495. The number of hydrogen-bond acceptors (Lipinski definition) is 4. The van der Waals surface area contributed by atoms with Gasteiger partial charge in [-0.3, -0.25) is 0 Å². The van der Waals surface area contributed by atoms with Crippen molar-refractivity contribution in [2.75, 3.05) is 19.6 Å². The Morgan fingerprint density at radius 1 is 0.203 bits per heavy atom. The molecule has 0 saturated heterocycles. The molecule has 18 aromatic carbocycles. The number of nitrogens with zero attached hydrogens (tertiary/aromatic N) is 4. The average Bonchev–Trinajstić information content (AvgIpc) is 1.57. The molecule has 4 aliphatic rings. The Morgan fingerprint density at radius 3 is 0.891 bits per heavy atom. The zero-order valence-electron chi connectivity index (χ0n) is 74.0. The predicted molar refractivity (Wildman–Crippen MR) is 543 cm³/mol. The van der Waals surface area contributed by atoms with Crippen molar-refractivity contribution in [3.8, 4) is 55.6 Å². The normalized spacial score (nSPS) is 14.0. The minimum Gasteiger partial charge on any atom is -0.310 e. The lowest BCUT2D eigenvalue weighted by Gasteiger charge is -2.29. The molecule has 4 aliphatic carbocycles. The molecule has 4 heteroatoms. The Bertz CT molecular complexity index is 7370. The molecule has 0 aliphatic heterocycles. The molecule has 0 saturated carbocycles. The quantitative estimate of drug-likeness (QED) is 0.0748. The maximum absolute atomic E-state index is 2.47. The van der Waals surface area contributed by atoms with Crippen molar-refractivity contribution < 1.29 is 0 Å². The smallest absolute Gasteiger partial charge is 0.0540 e. The summed E-state index contributed by atoms with van der Waals surface area (Å²) in [5, 5.41) is 2.41. The molecule has 22 rings (SSSR count). The first-order valence-electron chi connectivity index (χ1n) is 45.1. The van der Waals surface area contributed by atoms with Gasteiger partial charge in [0.2, 0.25) is 0 Å². The number of benzene rings is 18. The van der Waals surface area contributed by atoms with E-state index in [1.807, 2.05) is 0 Å². The summed E-state index contributed by atoms with van der Waals surface area (Å²) in [5.74, 6) is 0. The maximum Gasteiger partial charge on any atom is 0.0540 e. The monoisotopic (exact) mass is 1640 g/mol. The van der Waals surface area contributed by atoms with Crippen molar-refractivity contribution in [1.82, 2.24) is 0 Å². The molecule has 616 valence electrons. The summed E-state index contributed by atoms with van der Waals surface area (Å²) in [4.78, 5) is 9.63. The van der Waals surface area contributed by atoms with Gasteiger partial charge in [-0.25, -0.2) is 0 Å². The first kappa shape index (κ1) is 78.8. The van der Waals surface area contributed by atoms with Crippen LogP contribution in [0.2, 0.25) is 0 Å². The first-order valence-corrected chi connectivity index (χ1v) is 45.1. The summed E-state index contributed by atoms with van der Waals surface area (Å²) in [6.45, 7) is 21.3. The lowest BCUT2D eigenvalue weighted by atomic mass is 9.81. The minimum absolute atomic E-state index is 0.193. The number of rotatable bonds is 19. The van der Waals surface area contributed by atoms with Gasteiger partial charge < -0.3 is 19.6 Å². The van der Waals surface area contributed by atoms with Gasteiger partial charge in [0.15, 0.2) is 0 Å².